The van der Waals surface area contributed by atoms with Crippen molar-refractivity contribution in [2.24, 2.45) is 5.92 Å². The molecule has 0 amide bonds. The lowest BCUT2D eigenvalue weighted by Crippen LogP contribution is -2.42. The first-order valence-corrected chi connectivity index (χ1v) is 6.78. The second-order valence-electron chi connectivity index (χ2n) is 5.04. The van der Waals surface area contributed by atoms with Crippen molar-refractivity contribution in [2.75, 3.05) is 19.8 Å². The van der Waals surface area contributed by atoms with E-state index in [0.717, 1.165) is 25.9 Å². The van der Waals surface area contributed by atoms with E-state index in [4.69, 9.17) is 14.2 Å². The third-order valence-electron chi connectivity index (χ3n) is 3.54. The molecule has 2 fully saturated rings. The molecule has 2 rings (SSSR count). The van der Waals surface area contributed by atoms with E-state index in [9.17, 15) is 4.39 Å². The number of rotatable bonds is 4. The van der Waals surface area contributed by atoms with Crippen LogP contribution in [0.4, 0.5) is 4.39 Å². The van der Waals surface area contributed by atoms with Crippen LogP contribution in [0.2, 0.25) is 0 Å². The van der Waals surface area contributed by atoms with Crippen LogP contribution in [0.5, 0.6) is 0 Å². The summed E-state index contributed by atoms with van der Waals surface area (Å²) in [5.74, 6) is 0.370. The Bertz CT molecular complexity index is 209. The second-order valence-corrected chi connectivity index (χ2v) is 5.04. The summed E-state index contributed by atoms with van der Waals surface area (Å²) in [4.78, 5) is 0. The van der Waals surface area contributed by atoms with Crippen LogP contribution in [0.25, 0.3) is 0 Å². The van der Waals surface area contributed by atoms with Crippen molar-refractivity contribution in [1.82, 2.24) is 0 Å². The van der Waals surface area contributed by atoms with E-state index in [1.54, 1.807) is 0 Å². The molecule has 1 aliphatic carbocycles. The molecule has 0 unspecified atom stereocenters. The minimum absolute atomic E-state index is 0.0729. The van der Waals surface area contributed by atoms with E-state index in [1.807, 2.05) is 0 Å². The maximum Gasteiger partial charge on any atom is 0.160 e. The normalized spacial score (nSPS) is 39.2. The molecule has 100 valence electrons. The van der Waals surface area contributed by atoms with E-state index >= 15 is 0 Å². The lowest BCUT2D eigenvalue weighted by atomic mass is 9.87. The molecule has 0 aromatic rings. The van der Waals surface area contributed by atoms with Crippen molar-refractivity contribution in [2.45, 2.75) is 57.6 Å². The molecule has 0 aromatic carbocycles. The van der Waals surface area contributed by atoms with Crippen molar-refractivity contribution in [3.8, 4) is 0 Å². The SMILES string of the molecule is CCCOC1COC(C2CCC(F)CC2)OC1. The summed E-state index contributed by atoms with van der Waals surface area (Å²) in [6.07, 6.45) is 3.41. The number of hydrogen-bond donors (Lipinski definition) is 0. The van der Waals surface area contributed by atoms with Crippen molar-refractivity contribution in [3.05, 3.63) is 0 Å². The first-order chi connectivity index (χ1) is 8.29. The summed E-state index contributed by atoms with van der Waals surface area (Å²) in [6.45, 7) is 4.07. The Kier molecular flexibility index (Phi) is 5.19. The standard InChI is InChI=1S/C13H23FO3/c1-2-7-15-12-8-16-13(17-9-12)10-3-5-11(14)6-4-10/h10-13H,2-9H2,1H3. The van der Waals surface area contributed by atoms with Crippen LogP contribution in [0.3, 0.4) is 0 Å². The second kappa shape index (κ2) is 6.66. The zero-order valence-electron chi connectivity index (χ0n) is 10.6. The minimum atomic E-state index is -0.615. The average Bonchev–Trinajstić information content (AvgIpc) is 2.38. The number of alkyl halides is 1. The van der Waals surface area contributed by atoms with Crippen molar-refractivity contribution in [3.63, 3.8) is 0 Å². The highest BCUT2D eigenvalue weighted by Crippen LogP contribution is 2.31. The van der Waals surface area contributed by atoms with E-state index < -0.39 is 6.17 Å². The van der Waals surface area contributed by atoms with Gasteiger partial charge in [-0.2, -0.15) is 0 Å². The Balaban J connectivity index is 1.68. The molecule has 1 aliphatic heterocycles. The van der Waals surface area contributed by atoms with E-state index in [0.29, 0.717) is 32.0 Å². The summed E-state index contributed by atoms with van der Waals surface area (Å²) < 4.78 is 30.0. The Labute approximate surface area is 103 Å². The quantitative estimate of drug-likeness (QED) is 0.763. The topological polar surface area (TPSA) is 27.7 Å². The highest BCUT2D eigenvalue weighted by Gasteiger charge is 2.32. The fourth-order valence-corrected chi connectivity index (χ4v) is 2.50. The van der Waals surface area contributed by atoms with Crippen LogP contribution < -0.4 is 0 Å². The third kappa shape index (κ3) is 3.90. The minimum Gasteiger partial charge on any atom is -0.373 e. The zero-order chi connectivity index (χ0) is 12.1. The molecule has 0 radical (unpaired) electrons. The van der Waals surface area contributed by atoms with Gasteiger partial charge in [0.05, 0.1) is 13.2 Å². The van der Waals surface area contributed by atoms with Gasteiger partial charge in [-0.1, -0.05) is 6.92 Å². The smallest absolute Gasteiger partial charge is 0.160 e. The number of hydrogen-bond acceptors (Lipinski definition) is 3. The maximum absolute atomic E-state index is 13.0. The van der Waals surface area contributed by atoms with Crippen LogP contribution in [0, 0.1) is 5.92 Å². The summed E-state index contributed by atoms with van der Waals surface area (Å²) in [5.41, 5.74) is 0. The van der Waals surface area contributed by atoms with Gasteiger partial charge >= 0.3 is 0 Å². The summed E-state index contributed by atoms with van der Waals surface area (Å²) in [6, 6.07) is 0. The molecule has 4 heteroatoms. The molecule has 0 aromatic heterocycles. The number of halogens is 1. The Morgan fingerprint density at radius 2 is 1.76 bits per heavy atom. The molecule has 1 saturated carbocycles. The van der Waals surface area contributed by atoms with Gasteiger partial charge in [0.2, 0.25) is 0 Å². The lowest BCUT2D eigenvalue weighted by molar-refractivity contribution is -0.249. The van der Waals surface area contributed by atoms with Gasteiger partial charge < -0.3 is 14.2 Å². The zero-order valence-corrected chi connectivity index (χ0v) is 10.6. The van der Waals surface area contributed by atoms with Crippen LogP contribution in [-0.4, -0.2) is 38.4 Å². The lowest BCUT2D eigenvalue weighted by Gasteiger charge is -2.36. The van der Waals surface area contributed by atoms with E-state index in [-0.39, 0.29) is 12.4 Å². The van der Waals surface area contributed by atoms with Crippen LogP contribution >= 0.6 is 0 Å². The molecular formula is C13H23FO3. The highest BCUT2D eigenvalue weighted by molar-refractivity contribution is 4.76. The van der Waals surface area contributed by atoms with E-state index in [2.05, 4.69) is 6.92 Å². The molecule has 0 atom stereocenters. The Morgan fingerprint density at radius 3 is 2.35 bits per heavy atom. The van der Waals surface area contributed by atoms with Crippen molar-refractivity contribution < 1.29 is 18.6 Å². The molecule has 1 saturated heterocycles. The predicted molar refractivity (Wildman–Crippen MR) is 62.6 cm³/mol. The van der Waals surface area contributed by atoms with Crippen LogP contribution in [-0.2, 0) is 14.2 Å². The predicted octanol–water partition coefficient (Wildman–Crippen LogP) is 2.68. The fourth-order valence-electron chi connectivity index (χ4n) is 2.50. The molecule has 1 heterocycles. The molecule has 3 nitrogen and oxygen atoms in total. The molecule has 2 aliphatic rings. The molecular weight excluding hydrogens is 223 g/mol. The molecule has 0 N–H and O–H groups in total. The first kappa shape index (κ1) is 13.2. The van der Waals surface area contributed by atoms with Crippen LogP contribution in [0.15, 0.2) is 0 Å². The van der Waals surface area contributed by atoms with Gasteiger partial charge in [0.25, 0.3) is 0 Å². The number of ether oxygens (including phenoxy) is 3. The molecule has 0 bridgehead atoms. The Hall–Kier alpha value is -0.190. The average molecular weight is 246 g/mol. The summed E-state index contributed by atoms with van der Waals surface area (Å²) in [7, 11) is 0. The molecule has 0 spiro atoms. The van der Waals surface area contributed by atoms with Gasteiger partial charge in [0, 0.05) is 12.5 Å². The van der Waals surface area contributed by atoms with Gasteiger partial charge in [-0.25, -0.2) is 4.39 Å². The summed E-state index contributed by atoms with van der Waals surface area (Å²) in [5, 5.41) is 0. The first-order valence-electron chi connectivity index (χ1n) is 6.78. The maximum atomic E-state index is 13.0. The highest BCUT2D eigenvalue weighted by atomic mass is 19.1. The summed E-state index contributed by atoms with van der Waals surface area (Å²) >= 11 is 0. The third-order valence-corrected chi connectivity index (χ3v) is 3.54. The van der Waals surface area contributed by atoms with Gasteiger partial charge in [-0.3, -0.25) is 0 Å². The largest absolute Gasteiger partial charge is 0.373 e. The fraction of sp³-hybridized carbons (Fsp3) is 1.00. The van der Waals surface area contributed by atoms with Crippen LogP contribution in [0.1, 0.15) is 39.0 Å². The monoisotopic (exact) mass is 246 g/mol. The van der Waals surface area contributed by atoms with Gasteiger partial charge in [0.15, 0.2) is 6.29 Å². The Morgan fingerprint density at radius 1 is 1.12 bits per heavy atom. The van der Waals surface area contributed by atoms with Crippen molar-refractivity contribution in [1.29, 1.82) is 0 Å². The van der Waals surface area contributed by atoms with Gasteiger partial charge in [-0.05, 0) is 32.1 Å². The van der Waals surface area contributed by atoms with E-state index in [1.165, 1.54) is 0 Å². The van der Waals surface area contributed by atoms with Gasteiger partial charge in [-0.15, -0.1) is 0 Å². The van der Waals surface area contributed by atoms with Crippen molar-refractivity contribution >= 4 is 0 Å². The molecule has 17 heavy (non-hydrogen) atoms. The van der Waals surface area contributed by atoms with Gasteiger partial charge in [0.1, 0.15) is 12.3 Å².